The van der Waals surface area contributed by atoms with E-state index in [0.29, 0.717) is 6.54 Å². The Labute approximate surface area is 141 Å². The highest BCUT2D eigenvalue weighted by molar-refractivity contribution is 5.99. The SMILES string of the molecule is CN(Cc1ccncc1)C(=O)c1ccc2[nH]c3c(c2c1)CCCC3. The number of rotatable bonds is 3. The van der Waals surface area contributed by atoms with Gasteiger partial charge in [0, 0.05) is 48.1 Å². The van der Waals surface area contributed by atoms with Crippen LogP contribution in [0.5, 0.6) is 0 Å². The number of carbonyl (C=O) groups is 1. The number of aromatic nitrogens is 2. The molecule has 0 bridgehead atoms. The van der Waals surface area contributed by atoms with Crippen molar-refractivity contribution in [1.29, 1.82) is 0 Å². The molecule has 2 aromatic heterocycles. The molecule has 24 heavy (non-hydrogen) atoms. The maximum atomic E-state index is 12.8. The van der Waals surface area contributed by atoms with Crippen LogP contribution in [-0.4, -0.2) is 27.8 Å². The van der Waals surface area contributed by atoms with Crippen molar-refractivity contribution in [3.8, 4) is 0 Å². The first kappa shape index (κ1) is 14.9. The topological polar surface area (TPSA) is 49.0 Å². The monoisotopic (exact) mass is 319 g/mol. The van der Waals surface area contributed by atoms with Crippen molar-refractivity contribution in [2.45, 2.75) is 32.2 Å². The van der Waals surface area contributed by atoms with Gasteiger partial charge in [-0.25, -0.2) is 0 Å². The number of pyridine rings is 1. The van der Waals surface area contributed by atoms with E-state index in [-0.39, 0.29) is 5.91 Å². The molecule has 1 aliphatic carbocycles. The van der Waals surface area contributed by atoms with Crippen LogP contribution in [0, 0.1) is 0 Å². The van der Waals surface area contributed by atoms with E-state index in [9.17, 15) is 4.79 Å². The Morgan fingerprint density at radius 2 is 1.96 bits per heavy atom. The molecule has 0 spiro atoms. The van der Waals surface area contributed by atoms with Crippen LogP contribution < -0.4 is 0 Å². The molecule has 4 rings (SSSR count). The summed E-state index contributed by atoms with van der Waals surface area (Å²) in [4.78, 5) is 22.1. The average molecular weight is 319 g/mol. The molecule has 3 aromatic rings. The smallest absolute Gasteiger partial charge is 0.253 e. The minimum atomic E-state index is 0.0551. The summed E-state index contributed by atoms with van der Waals surface area (Å²) in [5, 5.41) is 1.22. The van der Waals surface area contributed by atoms with Crippen LogP contribution in [0.4, 0.5) is 0 Å². The molecule has 0 atom stereocenters. The third kappa shape index (κ3) is 2.68. The molecule has 1 amide bonds. The fourth-order valence-corrected chi connectivity index (χ4v) is 3.59. The Morgan fingerprint density at radius 1 is 1.17 bits per heavy atom. The van der Waals surface area contributed by atoms with Gasteiger partial charge in [0.25, 0.3) is 5.91 Å². The highest BCUT2D eigenvalue weighted by atomic mass is 16.2. The van der Waals surface area contributed by atoms with E-state index < -0.39 is 0 Å². The lowest BCUT2D eigenvalue weighted by Crippen LogP contribution is -2.26. The maximum Gasteiger partial charge on any atom is 0.253 e. The molecule has 4 heteroatoms. The predicted octanol–water partition coefficient (Wildman–Crippen LogP) is 3.71. The number of carbonyl (C=O) groups excluding carboxylic acids is 1. The van der Waals surface area contributed by atoms with E-state index in [0.717, 1.165) is 29.5 Å². The fourth-order valence-electron chi connectivity index (χ4n) is 3.59. The molecule has 0 radical (unpaired) electrons. The van der Waals surface area contributed by atoms with Crippen molar-refractivity contribution in [3.63, 3.8) is 0 Å². The summed E-state index contributed by atoms with van der Waals surface area (Å²) in [6.45, 7) is 0.588. The van der Waals surface area contributed by atoms with Gasteiger partial charge in [0.2, 0.25) is 0 Å². The molecule has 0 saturated heterocycles. The zero-order valence-corrected chi connectivity index (χ0v) is 13.9. The number of aromatic amines is 1. The van der Waals surface area contributed by atoms with Crippen LogP contribution >= 0.6 is 0 Å². The first-order valence-electron chi connectivity index (χ1n) is 8.50. The van der Waals surface area contributed by atoms with Crippen molar-refractivity contribution in [2.75, 3.05) is 7.05 Å². The zero-order chi connectivity index (χ0) is 16.5. The molecule has 0 aliphatic heterocycles. The van der Waals surface area contributed by atoms with Crippen LogP contribution in [0.3, 0.4) is 0 Å². The van der Waals surface area contributed by atoms with E-state index >= 15 is 0 Å². The molecule has 1 aromatic carbocycles. The van der Waals surface area contributed by atoms with Crippen LogP contribution in [-0.2, 0) is 19.4 Å². The lowest BCUT2D eigenvalue weighted by Gasteiger charge is -2.17. The van der Waals surface area contributed by atoms with Crippen molar-refractivity contribution in [1.82, 2.24) is 14.9 Å². The summed E-state index contributed by atoms with van der Waals surface area (Å²) in [6.07, 6.45) is 8.23. The fraction of sp³-hybridized carbons (Fsp3) is 0.300. The quantitative estimate of drug-likeness (QED) is 0.800. The lowest BCUT2D eigenvalue weighted by atomic mass is 9.95. The second-order valence-electron chi connectivity index (χ2n) is 6.57. The number of nitrogens with one attached hydrogen (secondary N) is 1. The highest BCUT2D eigenvalue weighted by Gasteiger charge is 2.18. The minimum Gasteiger partial charge on any atom is -0.358 e. The van der Waals surface area contributed by atoms with Crippen molar-refractivity contribution in [2.24, 2.45) is 0 Å². The third-order valence-electron chi connectivity index (χ3n) is 4.86. The van der Waals surface area contributed by atoms with Crippen LogP contribution in [0.25, 0.3) is 10.9 Å². The molecule has 4 nitrogen and oxygen atoms in total. The van der Waals surface area contributed by atoms with Gasteiger partial charge < -0.3 is 9.88 Å². The largest absolute Gasteiger partial charge is 0.358 e. The standard InChI is InChI=1S/C20H21N3O/c1-23(13-14-8-10-21-11-9-14)20(24)15-6-7-19-17(12-15)16-4-2-3-5-18(16)22-19/h6-12,22H,2-5,13H2,1H3. The van der Waals surface area contributed by atoms with Gasteiger partial charge in [-0.2, -0.15) is 0 Å². The molecule has 2 heterocycles. The van der Waals surface area contributed by atoms with Gasteiger partial charge in [0.15, 0.2) is 0 Å². The van der Waals surface area contributed by atoms with Crippen LogP contribution in [0.2, 0.25) is 0 Å². The molecule has 0 unspecified atom stereocenters. The van der Waals surface area contributed by atoms with Crippen molar-refractivity contribution in [3.05, 3.63) is 65.1 Å². The number of H-pyrrole nitrogens is 1. The van der Waals surface area contributed by atoms with Gasteiger partial charge in [0.1, 0.15) is 0 Å². The molecular formula is C20H21N3O. The summed E-state index contributed by atoms with van der Waals surface area (Å²) < 4.78 is 0. The number of hydrogen-bond donors (Lipinski definition) is 1. The Kier molecular flexibility index (Phi) is 3.81. The van der Waals surface area contributed by atoms with Gasteiger partial charge in [-0.3, -0.25) is 9.78 Å². The average Bonchev–Trinajstić information content (AvgIpc) is 2.99. The van der Waals surface area contributed by atoms with Gasteiger partial charge in [-0.1, -0.05) is 0 Å². The van der Waals surface area contributed by atoms with Gasteiger partial charge in [-0.15, -0.1) is 0 Å². The summed E-state index contributed by atoms with van der Waals surface area (Å²) in [6, 6.07) is 9.91. The van der Waals surface area contributed by atoms with E-state index in [1.54, 1.807) is 17.3 Å². The Morgan fingerprint density at radius 3 is 2.79 bits per heavy atom. The number of aryl methyl sites for hydroxylation is 2. The first-order chi connectivity index (χ1) is 11.7. The lowest BCUT2D eigenvalue weighted by molar-refractivity contribution is 0.0785. The number of hydrogen-bond acceptors (Lipinski definition) is 2. The number of amides is 1. The normalized spacial score (nSPS) is 13.7. The summed E-state index contributed by atoms with van der Waals surface area (Å²) in [5.41, 5.74) is 5.75. The van der Waals surface area contributed by atoms with E-state index in [1.807, 2.05) is 31.3 Å². The molecule has 1 N–H and O–H groups in total. The molecule has 0 fully saturated rings. The predicted molar refractivity (Wildman–Crippen MR) is 95.0 cm³/mol. The zero-order valence-electron chi connectivity index (χ0n) is 13.9. The van der Waals surface area contributed by atoms with E-state index in [2.05, 4.69) is 16.0 Å². The summed E-state index contributed by atoms with van der Waals surface area (Å²) in [5.74, 6) is 0.0551. The highest BCUT2D eigenvalue weighted by Crippen LogP contribution is 2.30. The maximum absolute atomic E-state index is 12.8. The third-order valence-corrected chi connectivity index (χ3v) is 4.86. The van der Waals surface area contributed by atoms with Crippen molar-refractivity contribution >= 4 is 16.8 Å². The Bertz CT molecular complexity index is 883. The van der Waals surface area contributed by atoms with Gasteiger partial charge >= 0.3 is 0 Å². The van der Waals surface area contributed by atoms with Crippen LogP contribution in [0.1, 0.15) is 40.0 Å². The summed E-state index contributed by atoms with van der Waals surface area (Å²) >= 11 is 0. The Balaban J connectivity index is 1.62. The Hall–Kier alpha value is -2.62. The number of fused-ring (bicyclic) bond motifs is 3. The first-order valence-corrected chi connectivity index (χ1v) is 8.50. The molecule has 122 valence electrons. The molecule has 1 aliphatic rings. The van der Waals surface area contributed by atoms with E-state index in [4.69, 9.17) is 0 Å². The van der Waals surface area contributed by atoms with Crippen LogP contribution in [0.15, 0.2) is 42.7 Å². The number of benzene rings is 1. The van der Waals surface area contributed by atoms with Gasteiger partial charge in [-0.05, 0) is 67.1 Å². The minimum absolute atomic E-state index is 0.0551. The second kappa shape index (κ2) is 6.11. The van der Waals surface area contributed by atoms with Gasteiger partial charge in [0.05, 0.1) is 0 Å². The van der Waals surface area contributed by atoms with E-state index in [1.165, 1.54) is 29.5 Å². The molecular weight excluding hydrogens is 298 g/mol. The van der Waals surface area contributed by atoms with Crippen molar-refractivity contribution < 1.29 is 4.79 Å². The second-order valence-corrected chi connectivity index (χ2v) is 6.57. The summed E-state index contributed by atoms with van der Waals surface area (Å²) in [7, 11) is 1.85. The molecule has 0 saturated carbocycles. The number of nitrogens with zero attached hydrogens (tertiary/aromatic N) is 2.